The van der Waals surface area contributed by atoms with Crippen molar-refractivity contribution in [1.29, 1.82) is 0 Å². The van der Waals surface area contributed by atoms with Gasteiger partial charge in [0.15, 0.2) is 0 Å². The molecule has 2 rings (SSSR count). The number of rotatable bonds is 5. The number of carbonyl (C=O) groups is 1. The van der Waals surface area contributed by atoms with Crippen LogP contribution in [0.15, 0.2) is 54.6 Å². The summed E-state index contributed by atoms with van der Waals surface area (Å²) in [6, 6.07) is 18.0. The third-order valence-electron chi connectivity index (χ3n) is 3.29. The fourth-order valence-corrected chi connectivity index (χ4v) is 2.74. The fourth-order valence-electron chi connectivity index (χ4n) is 2.12. The van der Waals surface area contributed by atoms with Crippen LogP contribution in [0.2, 0.25) is 0 Å². The van der Waals surface area contributed by atoms with E-state index in [1.807, 2.05) is 54.3 Å². The topological polar surface area (TPSA) is 20.3 Å². The molecule has 2 aromatic carbocycles. The van der Waals surface area contributed by atoms with E-state index in [0.29, 0.717) is 0 Å². The number of nitrogens with zero attached hydrogens (tertiary/aromatic N) is 1. The molecule has 0 spiro atoms. The van der Waals surface area contributed by atoms with Crippen molar-refractivity contribution in [1.82, 2.24) is 4.90 Å². The van der Waals surface area contributed by atoms with Gasteiger partial charge in [-0.05, 0) is 53.6 Å². The highest BCUT2D eigenvalue weighted by molar-refractivity contribution is 14.1. The van der Waals surface area contributed by atoms with Crippen LogP contribution in [0.3, 0.4) is 0 Å². The van der Waals surface area contributed by atoms with Gasteiger partial charge in [-0.15, -0.1) is 0 Å². The molecule has 0 saturated carbocycles. The summed E-state index contributed by atoms with van der Waals surface area (Å²) in [6.45, 7) is 3.51. The van der Waals surface area contributed by atoms with Crippen molar-refractivity contribution in [2.45, 2.75) is 13.3 Å². The van der Waals surface area contributed by atoms with E-state index < -0.39 is 0 Å². The van der Waals surface area contributed by atoms with Crippen LogP contribution >= 0.6 is 22.6 Å². The summed E-state index contributed by atoms with van der Waals surface area (Å²) in [6.07, 6.45) is 0.893. The van der Waals surface area contributed by atoms with E-state index in [9.17, 15) is 4.79 Å². The molecule has 0 bridgehead atoms. The molecule has 0 aromatic heterocycles. The quantitative estimate of drug-likeness (QED) is 0.720. The second-order valence-corrected chi connectivity index (χ2v) is 5.76. The maximum Gasteiger partial charge on any atom is 0.254 e. The van der Waals surface area contributed by atoms with Crippen LogP contribution < -0.4 is 0 Å². The predicted molar refractivity (Wildman–Crippen MR) is 90.9 cm³/mol. The highest BCUT2D eigenvalue weighted by Crippen LogP contribution is 2.14. The van der Waals surface area contributed by atoms with E-state index in [2.05, 4.69) is 34.7 Å². The molecule has 20 heavy (non-hydrogen) atoms. The standard InChI is InChI=1S/C17H18INO/c1-2-19(13-12-14-8-4-3-5-9-14)17(20)15-10-6-7-11-16(15)18/h3-11H,2,12-13H2,1H3. The first-order valence-electron chi connectivity index (χ1n) is 6.80. The number of halogens is 1. The highest BCUT2D eigenvalue weighted by Gasteiger charge is 2.16. The Labute approximate surface area is 133 Å². The summed E-state index contributed by atoms with van der Waals surface area (Å²) >= 11 is 2.22. The first-order valence-corrected chi connectivity index (χ1v) is 7.88. The number of likely N-dealkylation sites (N-methyl/N-ethyl adjacent to an activating group) is 1. The lowest BCUT2D eigenvalue weighted by Gasteiger charge is -2.21. The van der Waals surface area contributed by atoms with Crippen LogP contribution in [0.1, 0.15) is 22.8 Å². The summed E-state index contributed by atoms with van der Waals surface area (Å²) in [5, 5.41) is 0. The number of hydrogen-bond acceptors (Lipinski definition) is 1. The minimum absolute atomic E-state index is 0.119. The Morgan fingerprint density at radius 3 is 2.35 bits per heavy atom. The molecule has 2 aromatic rings. The Morgan fingerprint density at radius 2 is 1.70 bits per heavy atom. The Morgan fingerprint density at radius 1 is 1.05 bits per heavy atom. The second-order valence-electron chi connectivity index (χ2n) is 4.60. The van der Waals surface area contributed by atoms with Gasteiger partial charge >= 0.3 is 0 Å². The third-order valence-corrected chi connectivity index (χ3v) is 4.23. The first kappa shape index (κ1) is 15.0. The van der Waals surface area contributed by atoms with Gasteiger partial charge in [0.2, 0.25) is 0 Å². The number of hydrogen-bond donors (Lipinski definition) is 0. The zero-order chi connectivity index (χ0) is 14.4. The summed E-state index contributed by atoms with van der Waals surface area (Å²) in [5.74, 6) is 0.119. The SMILES string of the molecule is CCN(CCc1ccccc1)C(=O)c1ccccc1I. The van der Waals surface area contributed by atoms with E-state index in [4.69, 9.17) is 0 Å². The van der Waals surface area contributed by atoms with Gasteiger partial charge in [-0.25, -0.2) is 0 Å². The van der Waals surface area contributed by atoms with Crippen LogP contribution in [-0.4, -0.2) is 23.9 Å². The van der Waals surface area contributed by atoms with Crippen molar-refractivity contribution in [3.05, 3.63) is 69.3 Å². The van der Waals surface area contributed by atoms with E-state index in [0.717, 1.165) is 28.6 Å². The van der Waals surface area contributed by atoms with Crippen LogP contribution in [0, 0.1) is 3.57 Å². The average Bonchev–Trinajstić information content (AvgIpc) is 2.49. The number of amides is 1. The van der Waals surface area contributed by atoms with Crippen molar-refractivity contribution in [3.8, 4) is 0 Å². The van der Waals surface area contributed by atoms with Gasteiger partial charge < -0.3 is 4.90 Å². The largest absolute Gasteiger partial charge is 0.339 e. The molecule has 0 heterocycles. The predicted octanol–water partition coefficient (Wildman–Crippen LogP) is 4.00. The maximum atomic E-state index is 12.5. The maximum absolute atomic E-state index is 12.5. The first-order chi connectivity index (χ1) is 9.72. The summed E-state index contributed by atoms with van der Waals surface area (Å²) < 4.78 is 1.01. The Kier molecular flexibility index (Phi) is 5.59. The van der Waals surface area contributed by atoms with Crippen LogP contribution in [0.4, 0.5) is 0 Å². The van der Waals surface area contributed by atoms with Gasteiger partial charge in [-0.1, -0.05) is 42.5 Å². The van der Waals surface area contributed by atoms with Gasteiger partial charge in [-0.2, -0.15) is 0 Å². The third kappa shape index (κ3) is 3.82. The minimum atomic E-state index is 0.119. The lowest BCUT2D eigenvalue weighted by atomic mass is 10.1. The molecule has 0 saturated heterocycles. The molecule has 0 radical (unpaired) electrons. The second kappa shape index (κ2) is 7.43. The van der Waals surface area contributed by atoms with Crippen molar-refractivity contribution < 1.29 is 4.79 Å². The van der Waals surface area contributed by atoms with Crippen LogP contribution in [0.25, 0.3) is 0 Å². The lowest BCUT2D eigenvalue weighted by molar-refractivity contribution is 0.0765. The van der Waals surface area contributed by atoms with E-state index >= 15 is 0 Å². The molecule has 3 heteroatoms. The molecule has 0 aliphatic heterocycles. The molecule has 0 fully saturated rings. The van der Waals surface area contributed by atoms with E-state index in [1.165, 1.54) is 5.56 Å². The highest BCUT2D eigenvalue weighted by atomic mass is 127. The Balaban J connectivity index is 2.05. The summed E-state index contributed by atoms with van der Waals surface area (Å²) in [5.41, 5.74) is 2.06. The Hall–Kier alpha value is -1.36. The molecular weight excluding hydrogens is 361 g/mol. The minimum Gasteiger partial charge on any atom is -0.339 e. The number of carbonyl (C=O) groups excluding carboxylic acids is 1. The van der Waals surface area contributed by atoms with Gasteiger partial charge in [-0.3, -0.25) is 4.79 Å². The fraction of sp³-hybridized carbons (Fsp3) is 0.235. The van der Waals surface area contributed by atoms with Crippen LogP contribution in [0.5, 0.6) is 0 Å². The normalized spacial score (nSPS) is 10.3. The number of benzene rings is 2. The van der Waals surface area contributed by atoms with Gasteiger partial charge in [0.1, 0.15) is 0 Å². The summed E-state index contributed by atoms with van der Waals surface area (Å²) in [7, 11) is 0. The zero-order valence-electron chi connectivity index (χ0n) is 11.6. The molecule has 0 aliphatic rings. The molecule has 0 N–H and O–H groups in total. The summed E-state index contributed by atoms with van der Waals surface area (Å²) in [4.78, 5) is 14.4. The molecule has 1 amide bonds. The average molecular weight is 379 g/mol. The molecule has 0 unspecified atom stereocenters. The van der Waals surface area contributed by atoms with Crippen LogP contribution in [-0.2, 0) is 6.42 Å². The van der Waals surface area contributed by atoms with Gasteiger partial charge in [0.25, 0.3) is 5.91 Å². The Bertz CT molecular complexity index is 568. The van der Waals surface area contributed by atoms with E-state index in [-0.39, 0.29) is 5.91 Å². The molecule has 2 nitrogen and oxygen atoms in total. The molecule has 0 aliphatic carbocycles. The monoisotopic (exact) mass is 379 g/mol. The lowest BCUT2D eigenvalue weighted by Crippen LogP contribution is -2.33. The van der Waals surface area contributed by atoms with Gasteiger partial charge in [0.05, 0.1) is 5.56 Å². The van der Waals surface area contributed by atoms with Crippen molar-refractivity contribution in [2.24, 2.45) is 0 Å². The smallest absolute Gasteiger partial charge is 0.254 e. The van der Waals surface area contributed by atoms with Gasteiger partial charge in [0, 0.05) is 16.7 Å². The van der Waals surface area contributed by atoms with E-state index in [1.54, 1.807) is 0 Å². The van der Waals surface area contributed by atoms with Crippen molar-refractivity contribution in [2.75, 3.05) is 13.1 Å². The van der Waals surface area contributed by atoms with Crippen molar-refractivity contribution >= 4 is 28.5 Å². The molecule has 104 valence electrons. The van der Waals surface area contributed by atoms with Crippen molar-refractivity contribution in [3.63, 3.8) is 0 Å². The molecular formula is C17H18INO. The zero-order valence-corrected chi connectivity index (χ0v) is 13.7. The molecule has 0 atom stereocenters.